The molecule has 5 rings (SSSR count). The van der Waals surface area contributed by atoms with Crippen molar-refractivity contribution >= 4 is 17.9 Å². The largest absolute Gasteiger partial charge is 0.457 e. The second-order valence-corrected chi connectivity index (χ2v) is 13.9. The number of fused-ring (bicyclic) bond motifs is 2. The van der Waals surface area contributed by atoms with E-state index in [2.05, 4.69) is 22.4 Å². The molecule has 48 heavy (non-hydrogen) atoms. The Hall–Kier alpha value is -4.44. The van der Waals surface area contributed by atoms with Crippen LogP contribution in [0.4, 0.5) is 4.79 Å². The molecule has 2 aromatic carbocycles. The van der Waals surface area contributed by atoms with Crippen LogP contribution in [0.2, 0.25) is 0 Å². The number of hydrogen-bond donors (Lipinski definition) is 1. The van der Waals surface area contributed by atoms with E-state index >= 15 is 0 Å². The standard InChI is InChI=1S/C38H48N4O6/c1-37(2,3)48-36(45)42-23-27(22-28(24-42)35(44)41(4)25-29-14-10-12-20-39-29)34(43)40-26-38(19-11-13-21-46-5)30-15-6-8-17-32(30)47-33-18-9-7-16-31(33)38/h6-10,12,14-18,20,27-28H,11,13,19,21-26H2,1-5H3,(H,40,43). The lowest BCUT2D eigenvalue weighted by molar-refractivity contribution is -0.139. The highest BCUT2D eigenvalue weighted by Gasteiger charge is 2.44. The Morgan fingerprint density at radius 3 is 2.23 bits per heavy atom. The maximum absolute atomic E-state index is 14.2. The van der Waals surface area contributed by atoms with E-state index in [-0.39, 0.29) is 24.9 Å². The van der Waals surface area contributed by atoms with Crippen molar-refractivity contribution in [2.75, 3.05) is 40.4 Å². The van der Waals surface area contributed by atoms with Gasteiger partial charge in [0, 0.05) is 63.1 Å². The van der Waals surface area contributed by atoms with Crippen LogP contribution in [0.3, 0.4) is 0 Å². The van der Waals surface area contributed by atoms with E-state index in [9.17, 15) is 14.4 Å². The van der Waals surface area contributed by atoms with Crippen molar-refractivity contribution in [1.29, 1.82) is 0 Å². The van der Waals surface area contributed by atoms with E-state index < -0.39 is 28.9 Å². The predicted octanol–water partition coefficient (Wildman–Crippen LogP) is 5.94. The van der Waals surface area contributed by atoms with Crippen LogP contribution in [0.15, 0.2) is 72.9 Å². The first-order chi connectivity index (χ1) is 23.0. The van der Waals surface area contributed by atoms with Gasteiger partial charge < -0.3 is 29.3 Å². The molecular formula is C38H48N4O6. The number of amides is 3. The van der Waals surface area contributed by atoms with Crippen molar-refractivity contribution in [3.05, 3.63) is 89.7 Å². The van der Waals surface area contributed by atoms with Crippen LogP contribution in [-0.4, -0.2) is 78.7 Å². The van der Waals surface area contributed by atoms with E-state index in [1.165, 1.54) is 4.90 Å². The molecule has 0 saturated carbocycles. The number of ether oxygens (including phenoxy) is 3. The summed E-state index contributed by atoms with van der Waals surface area (Å²) in [4.78, 5) is 48.8. The average Bonchev–Trinajstić information content (AvgIpc) is 3.08. The minimum Gasteiger partial charge on any atom is -0.457 e. The minimum absolute atomic E-state index is 0.145. The summed E-state index contributed by atoms with van der Waals surface area (Å²) in [7, 11) is 3.43. The average molecular weight is 657 g/mol. The summed E-state index contributed by atoms with van der Waals surface area (Å²) < 4.78 is 17.4. The van der Waals surface area contributed by atoms with E-state index in [0.717, 1.165) is 47.6 Å². The van der Waals surface area contributed by atoms with Gasteiger partial charge in [-0.2, -0.15) is 0 Å². The molecule has 3 amide bonds. The van der Waals surface area contributed by atoms with Gasteiger partial charge in [-0.15, -0.1) is 0 Å². The fraction of sp³-hybridized carbons (Fsp3) is 0.474. The second kappa shape index (κ2) is 15.2. The number of unbranched alkanes of at least 4 members (excludes halogenated alkanes) is 1. The van der Waals surface area contributed by atoms with Crippen LogP contribution in [0.1, 0.15) is 63.3 Å². The molecule has 0 spiro atoms. The highest BCUT2D eigenvalue weighted by Crippen LogP contribution is 2.50. The molecule has 1 aromatic heterocycles. The van der Waals surface area contributed by atoms with Crippen LogP contribution >= 0.6 is 0 Å². The van der Waals surface area contributed by atoms with Crippen molar-refractivity contribution in [3.63, 3.8) is 0 Å². The summed E-state index contributed by atoms with van der Waals surface area (Å²) in [5, 5.41) is 3.28. The topological polar surface area (TPSA) is 110 Å². The van der Waals surface area contributed by atoms with Gasteiger partial charge in [-0.05, 0) is 70.7 Å². The van der Waals surface area contributed by atoms with Gasteiger partial charge in [-0.3, -0.25) is 14.6 Å². The first-order valence-electron chi connectivity index (χ1n) is 16.8. The number of methoxy groups -OCH3 is 1. The molecule has 256 valence electrons. The third-order valence-corrected chi connectivity index (χ3v) is 9.12. The zero-order valence-corrected chi connectivity index (χ0v) is 28.7. The first kappa shape index (κ1) is 34.9. The molecule has 2 unspecified atom stereocenters. The Balaban J connectivity index is 1.40. The molecule has 2 atom stereocenters. The number of carbonyl (C=O) groups is 3. The number of hydrogen-bond acceptors (Lipinski definition) is 7. The zero-order chi connectivity index (χ0) is 34.3. The van der Waals surface area contributed by atoms with E-state index in [0.29, 0.717) is 26.1 Å². The maximum Gasteiger partial charge on any atom is 0.410 e. The maximum atomic E-state index is 14.2. The van der Waals surface area contributed by atoms with Crippen LogP contribution in [0.25, 0.3) is 0 Å². The summed E-state index contributed by atoms with van der Waals surface area (Å²) in [5.41, 5.74) is 1.53. The number of benzene rings is 2. The number of nitrogens with zero attached hydrogens (tertiary/aromatic N) is 3. The zero-order valence-electron chi connectivity index (χ0n) is 28.7. The van der Waals surface area contributed by atoms with Crippen molar-refractivity contribution in [2.45, 2.75) is 64.0 Å². The van der Waals surface area contributed by atoms with Crippen molar-refractivity contribution in [3.8, 4) is 11.5 Å². The van der Waals surface area contributed by atoms with Gasteiger partial charge >= 0.3 is 6.09 Å². The lowest BCUT2D eigenvalue weighted by Crippen LogP contribution is -2.54. The van der Waals surface area contributed by atoms with Crippen molar-refractivity contribution in [2.24, 2.45) is 11.8 Å². The van der Waals surface area contributed by atoms with Crippen LogP contribution in [-0.2, 0) is 31.0 Å². The molecule has 3 aromatic rings. The third-order valence-electron chi connectivity index (χ3n) is 9.12. The van der Waals surface area contributed by atoms with E-state index in [1.807, 2.05) is 54.6 Å². The third kappa shape index (κ3) is 8.16. The second-order valence-electron chi connectivity index (χ2n) is 13.9. The number of nitrogens with one attached hydrogen (secondary N) is 1. The van der Waals surface area contributed by atoms with E-state index in [1.54, 1.807) is 46.0 Å². The fourth-order valence-corrected chi connectivity index (χ4v) is 6.84. The Morgan fingerprint density at radius 2 is 1.60 bits per heavy atom. The smallest absolute Gasteiger partial charge is 0.410 e. The van der Waals surface area contributed by atoms with Crippen LogP contribution in [0.5, 0.6) is 11.5 Å². The van der Waals surface area contributed by atoms with Gasteiger partial charge in [0.05, 0.1) is 24.1 Å². The summed E-state index contributed by atoms with van der Waals surface area (Å²) in [6, 6.07) is 21.6. The van der Waals surface area contributed by atoms with Gasteiger partial charge in [0.2, 0.25) is 11.8 Å². The fourth-order valence-electron chi connectivity index (χ4n) is 6.84. The Labute approximate surface area is 283 Å². The lowest BCUT2D eigenvalue weighted by Gasteiger charge is -2.42. The molecule has 2 aliphatic heterocycles. The molecule has 1 fully saturated rings. The van der Waals surface area contributed by atoms with Gasteiger partial charge in [-0.25, -0.2) is 4.79 Å². The summed E-state index contributed by atoms with van der Waals surface area (Å²) in [5.74, 6) is 0.00231. The number of rotatable bonds is 11. The number of piperidine rings is 1. The van der Waals surface area contributed by atoms with Gasteiger partial charge in [0.15, 0.2) is 0 Å². The lowest BCUT2D eigenvalue weighted by atomic mass is 9.69. The van der Waals surface area contributed by atoms with Crippen LogP contribution < -0.4 is 10.1 Å². The molecular weight excluding hydrogens is 608 g/mol. The summed E-state index contributed by atoms with van der Waals surface area (Å²) in [6.07, 6.45) is 3.99. The number of para-hydroxylation sites is 2. The van der Waals surface area contributed by atoms with Gasteiger partial charge in [0.25, 0.3) is 0 Å². The van der Waals surface area contributed by atoms with Crippen LogP contribution in [0, 0.1) is 11.8 Å². The predicted molar refractivity (Wildman–Crippen MR) is 183 cm³/mol. The number of pyridine rings is 1. The Morgan fingerprint density at radius 1 is 0.958 bits per heavy atom. The Bertz CT molecular complexity index is 1530. The molecule has 2 aliphatic rings. The van der Waals surface area contributed by atoms with E-state index in [4.69, 9.17) is 14.2 Å². The number of likely N-dealkylation sites (tertiary alicyclic amines) is 1. The quantitative estimate of drug-likeness (QED) is 0.255. The van der Waals surface area contributed by atoms with Crippen molar-refractivity contribution < 1.29 is 28.6 Å². The minimum atomic E-state index is -0.722. The van der Waals surface area contributed by atoms with Crippen molar-refractivity contribution in [1.82, 2.24) is 20.1 Å². The van der Waals surface area contributed by atoms with Gasteiger partial charge in [-0.1, -0.05) is 42.5 Å². The first-order valence-corrected chi connectivity index (χ1v) is 16.8. The normalized spacial score (nSPS) is 18.1. The molecule has 10 heteroatoms. The number of carbonyl (C=O) groups excluding carboxylic acids is 3. The summed E-state index contributed by atoms with van der Waals surface area (Å²) in [6.45, 7) is 7.05. The molecule has 1 saturated heterocycles. The highest BCUT2D eigenvalue weighted by molar-refractivity contribution is 5.84. The monoisotopic (exact) mass is 656 g/mol. The molecule has 0 radical (unpaired) electrons. The molecule has 1 N–H and O–H groups in total. The SMILES string of the molecule is COCCCCC1(CNC(=O)C2CC(C(=O)N(C)Cc3ccccn3)CN(C(=O)OC(C)(C)C)C2)c2ccccc2Oc2ccccc21. The Kier molecular flexibility index (Phi) is 11.0. The molecule has 10 nitrogen and oxygen atoms in total. The van der Waals surface area contributed by atoms with Gasteiger partial charge in [0.1, 0.15) is 17.1 Å². The number of aromatic nitrogens is 1. The molecule has 0 aliphatic carbocycles. The molecule has 0 bridgehead atoms. The molecule has 3 heterocycles. The summed E-state index contributed by atoms with van der Waals surface area (Å²) >= 11 is 0. The highest BCUT2D eigenvalue weighted by atomic mass is 16.6.